The molecule has 0 N–H and O–H groups in total. The van der Waals surface area contributed by atoms with Gasteiger partial charge in [-0.3, -0.25) is 4.98 Å². The molecule has 0 aliphatic rings. The first kappa shape index (κ1) is 31.9. The monoisotopic (exact) mass is 717 g/mol. The van der Waals surface area contributed by atoms with E-state index in [1.807, 2.05) is 60.8 Å². The van der Waals surface area contributed by atoms with Crippen LogP contribution in [0.1, 0.15) is 0 Å². The maximum atomic E-state index is 6.66. The lowest BCUT2D eigenvalue weighted by Crippen LogP contribution is -1.96. The lowest BCUT2D eigenvalue weighted by atomic mass is 9.94. The highest BCUT2D eigenvalue weighted by Gasteiger charge is 2.19. The molecule has 5 nitrogen and oxygen atoms in total. The van der Waals surface area contributed by atoms with Gasteiger partial charge in [-0.25, -0.2) is 9.97 Å². The Morgan fingerprint density at radius 1 is 0.357 bits per heavy atom. The Balaban J connectivity index is 0.998. The van der Waals surface area contributed by atoms with Crippen molar-refractivity contribution in [1.29, 1.82) is 0 Å². The van der Waals surface area contributed by atoms with E-state index >= 15 is 0 Å². The molecule has 0 amide bonds. The van der Waals surface area contributed by atoms with E-state index in [-0.39, 0.29) is 0 Å². The van der Waals surface area contributed by atoms with Gasteiger partial charge in [-0.05, 0) is 70.3 Å². The number of hydrogen-bond donors (Lipinski definition) is 0. The first-order valence-electron chi connectivity index (χ1n) is 18.7. The van der Waals surface area contributed by atoms with Gasteiger partial charge >= 0.3 is 0 Å². The molecule has 7 aromatic carbocycles. The van der Waals surface area contributed by atoms with E-state index in [2.05, 4.69) is 126 Å². The van der Waals surface area contributed by atoms with Gasteiger partial charge < -0.3 is 8.83 Å². The lowest BCUT2D eigenvalue weighted by molar-refractivity contribution is 0.668. The highest BCUT2D eigenvalue weighted by atomic mass is 16.3. The molecule has 11 rings (SSSR count). The van der Waals surface area contributed by atoms with Gasteiger partial charge in [-0.1, -0.05) is 133 Å². The van der Waals surface area contributed by atoms with Gasteiger partial charge in [0, 0.05) is 56.2 Å². The Bertz CT molecular complexity index is 3220. The number of hydrogen-bond acceptors (Lipinski definition) is 5. The summed E-state index contributed by atoms with van der Waals surface area (Å²) in [4.78, 5) is 14.5. The van der Waals surface area contributed by atoms with Gasteiger partial charge in [0.15, 0.2) is 5.82 Å². The second kappa shape index (κ2) is 13.0. The second-order valence-electron chi connectivity index (χ2n) is 14.0. The summed E-state index contributed by atoms with van der Waals surface area (Å²) in [5.41, 5.74) is 14.6. The predicted octanol–water partition coefficient (Wildman–Crippen LogP) is 13.7. The van der Waals surface area contributed by atoms with Crippen molar-refractivity contribution in [1.82, 2.24) is 15.0 Å². The molecule has 4 heterocycles. The van der Waals surface area contributed by atoms with E-state index in [1.54, 1.807) is 6.20 Å². The lowest BCUT2D eigenvalue weighted by Gasteiger charge is -2.11. The van der Waals surface area contributed by atoms with Gasteiger partial charge in [0.05, 0.1) is 11.4 Å². The van der Waals surface area contributed by atoms with Crippen LogP contribution in [0.15, 0.2) is 197 Å². The number of para-hydroxylation sites is 2. The molecule has 4 aromatic heterocycles. The van der Waals surface area contributed by atoms with Crippen molar-refractivity contribution in [2.24, 2.45) is 0 Å². The van der Waals surface area contributed by atoms with Crippen molar-refractivity contribution in [2.45, 2.75) is 0 Å². The number of nitrogens with zero attached hydrogens (tertiary/aromatic N) is 3. The van der Waals surface area contributed by atoms with Gasteiger partial charge in [0.25, 0.3) is 0 Å². The van der Waals surface area contributed by atoms with Crippen molar-refractivity contribution in [2.75, 3.05) is 0 Å². The maximum Gasteiger partial charge on any atom is 0.160 e. The van der Waals surface area contributed by atoms with Crippen molar-refractivity contribution in [3.63, 3.8) is 0 Å². The Morgan fingerprint density at radius 3 is 1.71 bits per heavy atom. The maximum absolute atomic E-state index is 6.66. The first-order chi connectivity index (χ1) is 27.7. The van der Waals surface area contributed by atoms with Gasteiger partial charge in [0.2, 0.25) is 0 Å². The minimum absolute atomic E-state index is 0.662. The van der Waals surface area contributed by atoms with E-state index in [4.69, 9.17) is 18.8 Å². The van der Waals surface area contributed by atoms with Crippen LogP contribution < -0.4 is 0 Å². The summed E-state index contributed by atoms with van der Waals surface area (Å²) in [5, 5.41) is 4.39. The average molecular weight is 718 g/mol. The summed E-state index contributed by atoms with van der Waals surface area (Å²) in [7, 11) is 0. The summed E-state index contributed by atoms with van der Waals surface area (Å²) in [6.45, 7) is 0. The molecule has 262 valence electrons. The third-order valence-electron chi connectivity index (χ3n) is 10.6. The minimum atomic E-state index is 0.662. The van der Waals surface area contributed by atoms with Gasteiger partial charge in [-0.2, -0.15) is 0 Å². The standard InChI is InChI=1S/C51H31N3O2/c1-2-9-34(10-3-1)44-30-45(35-20-16-32(17-21-35)38-11-8-28-52-31-38)54-51(53-44)36-22-18-33(19-23-36)40-27-26-39(49-43-13-5-7-15-47(43)56-50(40)49)37-24-25-42-41-12-4-6-14-46(41)55-48(42)29-37/h1-31H. The number of furan rings is 2. The summed E-state index contributed by atoms with van der Waals surface area (Å²) >= 11 is 0. The van der Waals surface area contributed by atoms with Crippen LogP contribution in [0.2, 0.25) is 0 Å². The molecule has 56 heavy (non-hydrogen) atoms. The molecule has 0 aliphatic carbocycles. The zero-order valence-corrected chi connectivity index (χ0v) is 30.1. The highest BCUT2D eigenvalue weighted by molar-refractivity contribution is 6.17. The van der Waals surface area contributed by atoms with Gasteiger partial charge in [0.1, 0.15) is 22.3 Å². The van der Waals surface area contributed by atoms with Crippen molar-refractivity contribution < 1.29 is 8.83 Å². The van der Waals surface area contributed by atoms with E-state index in [9.17, 15) is 0 Å². The van der Waals surface area contributed by atoms with Crippen molar-refractivity contribution in [3.05, 3.63) is 188 Å². The van der Waals surface area contributed by atoms with Crippen LogP contribution in [0.25, 0.3) is 111 Å². The Morgan fingerprint density at radius 2 is 0.946 bits per heavy atom. The Hall–Kier alpha value is -7.63. The third-order valence-corrected chi connectivity index (χ3v) is 10.6. The fourth-order valence-electron chi connectivity index (χ4n) is 7.84. The molecule has 0 atom stereocenters. The predicted molar refractivity (Wildman–Crippen MR) is 227 cm³/mol. The Kier molecular flexibility index (Phi) is 7.42. The van der Waals surface area contributed by atoms with Crippen LogP contribution in [0.4, 0.5) is 0 Å². The normalized spacial score (nSPS) is 11.6. The van der Waals surface area contributed by atoms with E-state index in [0.29, 0.717) is 5.82 Å². The average Bonchev–Trinajstić information content (AvgIpc) is 3.85. The molecule has 0 aliphatic heterocycles. The molecular weight excluding hydrogens is 687 g/mol. The van der Waals surface area contributed by atoms with Crippen molar-refractivity contribution in [3.8, 4) is 67.3 Å². The van der Waals surface area contributed by atoms with Crippen LogP contribution in [-0.4, -0.2) is 15.0 Å². The molecule has 0 radical (unpaired) electrons. The smallest absolute Gasteiger partial charge is 0.160 e. The second-order valence-corrected chi connectivity index (χ2v) is 14.0. The molecule has 0 saturated carbocycles. The van der Waals surface area contributed by atoms with Crippen LogP contribution >= 0.6 is 0 Å². The number of rotatable bonds is 6. The van der Waals surface area contributed by atoms with Crippen LogP contribution in [0.5, 0.6) is 0 Å². The number of pyridine rings is 1. The summed E-state index contributed by atoms with van der Waals surface area (Å²) in [6.07, 6.45) is 3.67. The molecule has 11 aromatic rings. The zero-order valence-electron chi connectivity index (χ0n) is 30.1. The summed E-state index contributed by atoms with van der Waals surface area (Å²) in [5.74, 6) is 0.662. The Labute approximate surface area is 322 Å². The number of benzene rings is 7. The van der Waals surface area contributed by atoms with E-state index in [0.717, 1.165) is 105 Å². The quantitative estimate of drug-likeness (QED) is 0.171. The molecule has 0 spiro atoms. The fraction of sp³-hybridized carbons (Fsp3) is 0. The number of fused-ring (bicyclic) bond motifs is 6. The third kappa shape index (κ3) is 5.45. The molecule has 0 saturated heterocycles. The van der Waals surface area contributed by atoms with Crippen LogP contribution in [-0.2, 0) is 0 Å². The van der Waals surface area contributed by atoms with E-state index < -0.39 is 0 Å². The molecule has 0 bridgehead atoms. The van der Waals surface area contributed by atoms with E-state index in [1.165, 1.54) is 0 Å². The zero-order chi connectivity index (χ0) is 37.0. The fourth-order valence-corrected chi connectivity index (χ4v) is 7.84. The first-order valence-corrected chi connectivity index (χ1v) is 18.7. The minimum Gasteiger partial charge on any atom is -0.456 e. The SMILES string of the molecule is c1ccc(-c2cc(-c3ccc(-c4cccnc4)cc3)nc(-c3ccc(-c4ccc(-c5ccc6c(c5)oc5ccccc56)c5c4oc4ccccc45)cc3)n2)cc1. The molecule has 0 fully saturated rings. The van der Waals surface area contributed by atoms with Crippen LogP contribution in [0.3, 0.4) is 0 Å². The topological polar surface area (TPSA) is 65.0 Å². The van der Waals surface area contributed by atoms with Gasteiger partial charge in [-0.15, -0.1) is 0 Å². The highest BCUT2D eigenvalue weighted by Crippen LogP contribution is 2.43. The van der Waals surface area contributed by atoms with Crippen LogP contribution in [0, 0.1) is 0 Å². The van der Waals surface area contributed by atoms with Crippen molar-refractivity contribution >= 4 is 43.9 Å². The largest absolute Gasteiger partial charge is 0.456 e. The number of aromatic nitrogens is 3. The molecule has 0 unspecified atom stereocenters. The summed E-state index contributed by atoms with van der Waals surface area (Å²) in [6, 6.07) is 60.6. The molecular formula is C51H31N3O2. The summed E-state index contributed by atoms with van der Waals surface area (Å²) < 4.78 is 13.0. The molecule has 5 heteroatoms.